The lowest BCUT2D eigenvalue weighted by Crippen LogP contribution is -2.48. The van der Waals surface area contributed by atoms with Gasteiger partial charge in [0, 0.05) is 0 Å². The molecule has 1 saturated heterocycles. The van der Waals surface area contributed by atoms with Gasteiger partial charge in [0.1, 0.15) is 5.78 Å². The molecular weight excluding hydrogens is 204 g/mol. The standard InChI is InChI=1S/C12H18N2O2/c1-3-7-13-12(16)9-14-8-5-4-6-11(14)10(2)15/h1,11H,4-9H2,2H3,(H,13,16). The zero-order valence-electron chi connectivity index (χ0n) is 9.66. The van der Waals surface area contributed by atoms with Crippen LogP contribution in [0.4, 0.5) is 0 Å². The first-order valence-electron chi connectivity index (χ1n) is 5.60. The summed E-state index contributed by atoms with van der Waals surface area (Å²) in [6.07, 6.45) is 8.02. The first kappa shape index (κ1) is 12.7. The molecule has 0 aromatic carbocycles. The quantitative estimate of drug-likeness (QED) is 0.690. The molecule has 0 aliphatic carbocycles. The Balaban J connectivity index is 2.47. The molecule has 0 bridgehead atoms. The summed E-state index contributed by atoms with van der Waals surface area (Å²) < 4.78 is 0. The largest absolute Gasteiger partial charge is 0.344 e. The number of terminal acetylenes is 1. The van der Waals surface area contributed by atoms with Gasteiger partial charge in [-0.1, -0.05) is 12.3 Å². The van der Waals surface area contributed by atoms with Crippen molar-refractivity contribution in [3.05, 3.63) is 0 Å². The van der Waals surface area contributed by atoms with Crippen molar-refractivity contribution in [3.8, 4) is 12.3 Å². The minimum atomic E-state index is -0.105. The third-order valence-electron chi connectivity index (χ3n) is 2.82. The van der Waals surface area contributed by atoms with Crippen molar-refractivity contribution >= 4 is 11.7 Å². The van der Waals surface area contributed by atoms with E-state index in [4.69, 9.17) is 6.42 Å². The van der Waals surface area contributed by atoms with Crippen LogP contribution in [0.2, 0.25) is 0 Å². The highest BCUT2D eigenvalue weighted by molar-refractivity contribution is 5.83. The fourth-order valence-electron chi connectivity index (χ4n) is 2.03. The van der Waals surface area contributed by atoms with E-state index in [1.165, 1.54) is 0 Å². The van der Waals surface area contributed by atoms with Gasteiger partial charge in [-0.3, -0.25) is 14.5 Å². The van der Waals surface area contributed by atoms with Gasteiger partial charge in [-0.25, -0.2) is 0 Å². The summed E-state index contributed by atoms with van der Waals surface area (Å²) in [6, 6.07) is -0.0923. The lowest BCUT2D eigenvalue weighted by molar-refractivity contribution is -0.127. The average Bonchev–Trinajstić information content (AvgIpc) is 2.27. The van der Waals surface area contributed by atoms with E-state index in [0.717, 1.165) is 25.8 Å². The van der Waals surface area contributed by atoms with E-state index in [1.807, 2.05) is 4.90 Å². The highest BCUT2D eigenvalue weighted by Crippen LogP contribution is 2.17. The lowest BCUT2D eigenvalue weighted by Gasteiger charge is -2.33. The monoisotopic (exact) mass is 222 g/mol. The second-order valence-corrected chi connectivity index (χ2v) is 4.07. The number of nitrogens with zero attached hydrogens (tertiary/aromatic N) is 1. The number of ketones is 1. The molecule has 1 unspecified atom stereocenters. The number of Topliss-reactive ketones (excluding diaryl/α,β-unsaturated/α-hetero) is 1. The smallest absolute Gasteiger partial charge is 0.234 e. The number of carbonyl (C=O) groups excluding carboxylic acids is 2. The van der Waals surface area contributed by atoms with Crippen LogP contribution in [0.1, 0.15) is 26.2 Å². The van der Waals surface area contributed by atoms with Crippen molar-refractivity contribution in [1.82, 2.24) is 10.2 Å². The molecule has 1 N–H and O–H groups in total. The van der Waals surface area contributed by atoms with Crippen LogP contribution in [0.25, 0.3) is 0 Å². The molecule has 4 heteroatoms. The summed E-state index contributed by atoms with van der Waals surface area (Å²) >= 11 is 0. The highest BCUT2D eigenvalue weighted by atomic mass is 16.2. The van der Waals surface area contributed by atoms with Gasteiger partial charge in [0.25, 0.3) is 0 Å². The number of nitrogens with one attached hydrogen (secondary N) is 1. The fraction of sp³-hybridized carbons (Fsp3) is 0.667. The molecule has 0 aromatic heterocycles. The highest BCUT2D eigenvalue weighted by Gasteiger charge is 2.27. The molecule has 16 heavy (non-hydrogen) atoms. The summed E-state index contributed by atoms with van der Waals surface area (Å²) in [5.41, 5.74) is 0. The molecule has 1 fully saturated rings. The second-order valence-electron chi connectivity index (χ2n) is 4.07. The number of amides is 1. The van der Waals surface area contributed by atoms with Crippen LogP contribution < -0.4 is 5.32 Å². The number of hydrogen-bond acceptors (Lipinski definition) is 3. The van der Waals surface area contributed by atoms with Crippen LogP contribution in [0.15, 0.2) is 0 Å². The van der Waals surface area contributed by atoms with Gasteiger partial charge in [0.05, 0.1) is 19.1 Å². The normalized spacial score (nSPS) is 21.1. The van der Waals surface area contributed by atoms with Gasteiger partial charge in [-0.05, 0) is 26.3 Å². The molecular formula is C12H18N2O2. The Morgan fingerprint density at radius 2 is 2.25 bits per heavy atom. The first-order valence-corrected chi connectivity index (χ1v) is 5.60. The van der Waals surface area contributed by atoms with E-state index >= 15 is 0 Å². The summed E-state index contributed by atoms with van der Waals surface area (Å²) in [7, 11) is 0. The Labute approximate surface area is 96.4 Å². The Kier molecular flexibility index (Phi) is 5.00. The number of hydrogen-bond donors (Lipinski definition) is 1. The molecule has 1 atom stereocenters. The minimum absolute atomic E-state index is 0.0923. The first-order chi connectivity index (χ1) is 7.65. The van der Waals surface area contributed by atoms with E-state index in [9.17, 15) is 9.59 Å². The van der Waals surface area contributed by atoms with Gasteiger partial charge >= 0.3 is 0 Å². The lowest BCUT2D eigenvalue weighted by atomic mass is 9.99. The van der Waals surface area contributed by atoms with Crippen LogP contribution in [0.5, 0.6) is 0 Å². The van der Waals surface area contributed by atoms with E-state index < -0.39 is 0 Å². The molecule has 4 nitrogen and oxygen atoms in total. The molecule has 88 valence electrons. The topological polar surface area (TPSA) is 49.4 Å². The third-order valence-corrected chi connectivity index (χ3v) is 2.82. The predicted octanol–water partition coefficient (Wildman–Crippen LogP) is 0.179. The maximum Gasteiger partial charge on any atom is 0.234 e. The molecule has 0 spiro atoms. The fourth-order valence-corrected chi connectivity index (χ4v) is 2.03. The van der Waals surface area contributed by atoms with Crippen molar-refractivity contribution in [2.75, 3.05) is 19.6 Å². The van der Waals surface area contributed by atoms with Crippen LogP contribution in [-0.4, -0.2) is 42.3 Å². The number of likely N-dealkylation sites (tertiary alicyclic amines) is 1. The Hall–Kier alpha value is -1.34. The summed E-state index contributed by atoms with van der Waals surface area (Å²) in [5, 5.41) is 2.61. The van der Waals surface area contributed by atoms with Crippen molar-refractivity contribution in [1.29, 1.82) is 0 Å². The predicted molar refractivity (Wildman–Crippen MR) is 61.7 cm³/mol. The van der Waals surface area contributed by atoms with Gasteiger partial charge in [-0.2, -0.15) is 0 Å². The average molecular weight is 222 g/mol. The van der Waals surface area contributed by atoms with Gasteiger partial charge in [-0.15, -0.1) is 6.42 Å². The maximum absolute atomic E-state index is 11.5. The number of carbonyl (C=O) groups is 2. The van der Waals surface area contributed by atoms with Crippen molar-refractivity contribution in [2.45, 2.75) is 32.2 Å². The van der Waals surface area contributed by atoms with Gasteiger partial charge < -0.3 is 5.32 Å². The van der Waals surface area contributed by atoms with E-state index in [1.54, 1.807) is 6.92 Å². The Bertz CT molecular complexity index is 307. The molecule has 1 amide bonds. The number of rotatable bonds is 4. The molecule has 0 aromatic rings. The molecule has 0 radical (unpaired) electrons. The van der Waals surface area contributed by atoms with Crippen molar-refractivity contribution < 1.29 is 9.59 Å². The van der Waals surface area contributed by atoms with E-state index in [2.05, 4.69) is 11.2 Å². The minimum Gasteiger partial charge on any atom is -0.344 e. The molecule has 1 aliphatic heterocycles. The van der Waals surface area contributed by atoms with Crippen LogP contribution >= 0.6 is 0 Å². The van der Waals surface area contributed by atoms with Gasteiger partial charge in [0.2, 0.25) is 5.91 Å². The molecule has 1 aliphatic rings. The third kappa shape index (κ3) is 3.67. The summed E-state index contributed by atoms with van der Waals surface area (Å²) in [4.78, 5) is 24.8. The van der Waals surface area contributed by atoms with E-state index in [-0.39, 0.29) is 30.8 Å². The van der Waals surface area contributed by atoms with Crippen molar-refractivity contribution in [3.63, 3.8) is 0 Å². The zero-order chi connectivity index (χ0) is 12.0. The van der Waals surface area contributed by atoms with Crippen LogP contribution in [0.3, 0.4) is 0 Å². The molecule has 0 saturated carbocycles. The summed E-state index contributed by atoms with van der Waals surface area (Å²) in [6.45, 7) is 2.92. The zero-order valence-corrected chi connectivity index (χ0v) is 9.66. The molecule has 1 rings (SSSR count). The van der Waals surface area contributed by atoms with Crippen LogP contribution in [0, 0.1) is 12.3 Å². The SMILES string of the molecule is C#CCNC(=O)CN1CCCCC1C(C)=O. The van der Waals surface area contributed by atoms with E-state index in [0.29, 0.717) is 0 Å². The maximum atomic E-state index is 11.5. The Morgan fingerprint density at radius 1 is 1.50 bits per heavy atom. The Morgan fingerprint density at radius 3 is 2.88 bits per heavy atom. The van der Waals surface area contributed by atoms with Crippen LogP contribution in [-0.2, 0) is 9.59 Å². The number of piperidine rings is 1. The van der Waals surface area contributed by atoms with Crippen molar-refractivity contribution in [2.24, 2.45) is 0 Å². The molecule has 1 heterocycles. The summed E-state index contributed by atoms with van der Waals surface area (Å²) in [5.74, 6) is 2.39. The second kappa shape index (κ2) is 6.29. The van der Waals surface area contributed by atoms with Gasteiger partial charge in [0.15, 0.2) is 0 Å².